The number of rotatable bonds is 6. The molecule has 27 heavy (non-hydrogen) atoms. The van der Waals surface area contributed by atoms with Crippen LogP contribution in [-0.4, -0.2) is 37.3 Å². The minimum Gasteiger partial charge on any atom is -0.484 e. The minimum atomic E-state index is -0.385. The lowest BCUT2D eigenvalue weighted by Crippen LogP contribution is -2.40. The highest BCUT2D eigenvalue weighted by Gasteiger charge is 2.25. The Bertz CT molecular complexity index is 880. The summed E-state index contributed by atoms with van der Waals surface area (Å²) >= 11 is 5.79. The quantitative estimate of drug-likeness (QED) is 0.774. The van der Waals surface area contributed by atoms with Gasteiger partial charge in [0.2, 0.25) is 5.91 Å². The predicted octanol–water partition coefficient (Wildman–Crippen LogP) is 2.63. The highest BCUT2D eigenvalue weighted by Crippen LogP contribution is 2.29. The molecule has 7 heteroatoms. The van der Waals surface area contributed by atoms with E-state index < -0.39 is 0 Å². The molecule has 0 unspecified atom stereocenters. The Morgan fingerprint density at radius 1 is 1.15 bits per heavy atom. The van der Waals surface area contributed by atoms with Crippen molar-refractivity contribution >= 4 is 34.9 Å². The van der Waals surface area contributed by atoms with Gasteiger partial charge >= 0.3 is 0 Å². The molecule has 0 bridgehead atoms. The minimum absolute atomic E-state index is 0.00414. The number of ketones is 1. The molecule has 140 valence electrons. The lowest BCUT2D eigenvalue weighted by molar-refractivity contribution is -0.126. The first kappa shape index (κ1) is 18.9. The van der Waals surface area contributed by atoms with Crippen molar-refractivity contribution in [3.63, 3.8) is 0 Å². The Hall–Kier alpha value is -2.86. The third kappa shape index (κ3) is 4.65. The highest BCUT2D eigenvalue weighted by molar-refractivity contribution is 6.30. The standard InChI is InChI=1S/C20H19ClN2O4/c1-13(24)14-2-7-18-15(10-14)8-9-23(18)20(26)11-22-19(25)12-27-17-5-3-16(21)4-6-17/h2-7,10H,8-9,11-12H2,1H3,(H,22,25). The molecule has 2 aromatic carbocycles. The molecular weight excluding hydrogens is 368 g/mol. The Morgan fingerprint density at radius 3 is 2.59 bits per heavy atom. The number of anilines is 1. The molecular formula is C20H19ClN2O4. The summed E-state index contributed by atoms with van der Waals surface area (Å²) in [5.41, 5.74) is 2.39. The van der Waals surface area contributed by atoms with Gasteiger partial charge in [0.25, 0.3) is 5.91 Å². The largest absolute Gasteiger partial charge is 0.484 e. The summed E-state index contributed by atoms with van der Waals surface area (Å²) < 4.78 is 5.34. The number of halogens is 1. The van der Waals surface area contributed by atoms with E-state index in [0.29, 0.717) is 29.3 Å². The number of nitrogens with one attached hydrogen (secondary N) is 1. The Balaban J connectivity index is 1.51. The van der Waals surface area contributed by atoms with E-state index in [1.165, 1.54) is 6.92 Å². The lowest BCUT2D eigenvalue weighted by Gasteiger charge is -2.18. The Labute approximate surface area is 162 Å². The third-order valence-electron chi connectivity index (χ3n) is 4.30. The molecule has 0 atom stereocenters. The highest BCUT2D eigenvalue weighted by atomic mass is 35.5. The molecule has 6 nitrogen and oxygen atoms in total. The summed E-state index contributed by atoms with van der Waals surface area (Å²) in [6.45, 7) is 1.75. The van der Waals surface area contributed by atoms with E-state index >= 15 is 0 Å². The van der Waals surface area contributed by atoms with Crippen molar-refractivity contribution in [2.24, 2.45) is 0 Å². The van der Waals surface area contributed by atoms with Crippen molar-refractivity contribution in [2.45, 2.75) is 13.3 Å². The van der Waals surface area contributed by atoms with Crippen LogP contribution in [0.1, 0.15) is 22.8 Å². The van der Waals surface area contributed by atoms with E-state index in [-0.39, 0.29) is 30.7 Å². The number of amides is 2. The van der Waals surface area contributed by atoms with Crippen molar-refractivity contribution in [2.75, 3.05) is 24.6 Å². The van der Waals surface area contributed by atoms with E-state index in [0.717, 1.165) is 11.3 Å². The first-order valence-electron chi connectivity index (χ1n) is 8.53. The number of Topliss-reactive ketones (excluding diaryl/α,β-unsaturated/α-hetero) is 1. The van der Waals surface area contributed by atoms with Crippen LogP contribution in [0.4, 0.5) is 5.69 Å². The van der Waals surface area contributed by atoms with Crippen LogP contribution in [0, 0.1) is 0 Å². The molecule has 3 rings (SSSR count). The number of fused-ring (bicyclic) bond motifs is 1. The first-order valence-corrected chi connectivity index (χ1v) is 8.91. The maximum atomic E-state index is 12.4. The van der Waals surface area contributed by atoms with Gasteiger partial charge < -0.3 is 15.0 Å². The monoisotopic (exact) mass is 386 g/mol. The maximum absolute atomic E-state index is 12.4. The number of ether oxygens (including phenoxy) is 1. The van der Waals surface area contributed by atoms with Crippen LogP contribution in [0.2, 0.25) is 5.02 Å². The summed E-state index contributed by atoms with van der Waals surface area (Å²) in [4.78, 5) is 37.4. The molecule has 0 saturated carbocycles. The zero-order valence-corrected chi connectivity index (χ0v) is 15.6. The van der Waals surface area contributed by atoms with Gasteiger partial charge in [-0.2, -0.15) is 0 Å². The van der Waals surface area contributed by atoms with Crippen LogP contribution in [0.5, 0.6) is 5.75 Å². The number of benzene rings is 2. The second-order valence-electron chi connectivity index (χ2n) is 6.21. The molecule has 0 fully saturated rings. The molecule has 0 aromatic heterocycles. The summed E-state index contributed by atoms with van der Waals surface area (Å²) in [6.07, 6.45) is 0.690. The van der Waals surface area contributed by atoms with Crippen molar-refractivity contribution in [3.8, 4) is 5.75 Å². The van der Waals surface area contributed by atoms with E-state index in [2.05, 4.69) is 5.32 Å². The fourth-order valence-corrected chi connectivity index (χ4v) is 3.01. The molecule has 0 saturated heterocycles. The third-order valence-corrected chi connectivity index (χ3v) is 4.55. The zero-order valence-electron chi connectivity index (χ0n) is 14.8. The number of hydrogen-bond donors (Lipinski definition) is 1. The fourth-order valence-electron chi connectivity index (χ4n) is 2.88. The summed E-state index contributed by atoms with van der Waals surface area (Å²) in [5.74, 6) is -0.0695. The normalized spacial score (nSPS) is 12.4. The lowest BCUT2D eigenvalue weighted by atomic mass is 10.1. The summed E-state index contributed by atoms with van der Waals surface area (Å²) in [6, 6.07) is 12.0. The SMILES string of the molecule is CC(=O)c1ccc2c(c1)CCN2C(=O)CNC(=O)COc1ccc(Cl)cc1. The summed E-state index contributed by atoms with van der Waals surface area (Å²) in [7, 11) is 0. The van der Waals surface area contributed by atoms with Crippen LogP contribution < -0.4 is 15.0 Å². The van der Waals surface area contributed by atoms with Gasteiger partial charge in [-0.1, -0.05) is 11.6 Å². The van der Waals surface area contributed by atoms with Crippen LogP contribution >= 0.6 is 11.6 Å². The van der Waals surface area contributed by atoms with Crippen LogP contribution in [0.3, 0.4) is 0 Å². The molecule has 1 aliphatic rings. The molecule has 1 aliphatic heterocycles. The molecule has 0 spiro atoms. The predicted molar refractivity (Wildman–Crippen MR) is 102 cm³/mol. The van der Waals surface area contributed by atoms with E-state index in [1.807, 2.05) is 6.07 Å². The van der Waals surface area contributed by atoms with Crippen molar-refractivity contribution in [1.29, 1.82) is 0 Å². The molecule has 0 aliphatic carbocycles. The van der Waals surface area contributed by atoms with E-state index in [4.69, 9.17) is 16.3 Å². The number of nitrogens with zero attached hydrogens (tertiary/aromatic N) is 1. The topological polar surface area (TPSA) is 75.7 Å². The maximum Gasteiger partial charge on any atom is 0.258 e. The van der Waals surface area contributed by atoms with Gasteiger partial charge in [-0.15, -0.1) is 0 Å². The van der Waals surface area contributed by atoms with Crippen molar-refractivity contribution in [1.82, 2.24) is 5.32 Å². The second-order valence-corrected chi connectivity index (χ2v) is 6.65. The molecule has 1 N–H and O–H groups in total. The molecule has 2 amide bonds. The number of carbonyl (C=O) groups excluding carboxylic acids is 3. The average Bonchev–Trinajstić information content (AvgIpc) is 3.09. The van der Waals surface area contributed by atoms with Gasteiger partial charge in [-0.05, 0) is 61.4 Å². The van der Waals surface area contributed by atoms with Gasteiger partial charge in [-0.3, -0.25) is 14.4 Å². The zero-order chi connectivity index (χ0) is 19.4. The Kier molecular flexibility index (Phi) is 5.76. The van der Waals surface area contributed by atoms with E-state index in [9.17, 15) is 14.4 Å². The smallest absolute Gasteiger partial charge is 0.258 e. The van der Waals surface area contributed by atoms with Crippen LogP contribution in [0.15, 0.2) is 42.5 Å². The molecule has 2 aromatic rings. The number of hydrogen-bond acceptors (Lipinski definition) is 4. The van der Waals surface area contributed by atoms with Crippen molar-refractivity contribution < 1.29 is 19.1 Å². The van der Waals surface area contributed by atoms with Crippen LogP contribution in [0.25, 0.3) is 0 Å². The molecule has 1 heterocycles. The van der Waals surface area contributed by atoms with Gasteiger partial charge in [0.05, 0.1) is 6.54 Å². The summed E-state index contributed by atoms with van der Waals surface area (Å²) in [5, 5.41) is 3.15. The van der Waals surface area contributed by atoms with Gasteiger partial charge in [-0.25, -0.2) is 0 Å². The van der Waals surface area contributed by atoms with Gasteiger partial charge in [0.15, 0.2) is 12.4 Å². The van der Waals surface area contributed by atoms with Crippen LogP contribution in [-0.2, 0) is 16.0 Å². The number of carbonyl (C=O) groups is 3. The van der Waals surface area contributed by atoms with E-state index in [1.54, 1.807) is 41.3 Å². The van der Waals surface area contributed by atoms with Gasteiger partial charge in [0.1, 0.15) is 5.75 Å². The van der Waals surface area contributed by atoms with Gasteiger partial charge in [0, 0.05) is 22.8 Å². The Morgan fingerprint density at radius 2 is 1.89 bits per heavy atom. The fraction of sp³-hybridized carbons (Fsp3) is 0.250. The molecule has 0 radical (unpaired) electrons. The first-order chi connectivity index (χ1) is 12.9. The van der Waals surface area contributed by atoms with Crippen molar-refractivity contribution in [3.05, 3.63) is 58.6 Å². The second kappa shape index (κ2) is 8.22. The average molecular weight is 387 g/mol.